The lowest BCUT2D eigenvalue weighted by Gasteiger charge is -2.28. The van der Waals surface area contributed by atoms with Crippen LogP contribution in [0.2, 0.25) is 0 Å². The first kappa shape index (κ1) is 9.89. The molecule has 0 amide bonds. The van der Waals surface area contributed by atoms with Crippen LogP contribution in [-0.2, 0) is 0 Å². The molecule has 1 nitrogen and oxygen atoms in total. The van der Waals surface area contributed by atoms with Gasteiger partial charge >= 0.3 is 0 Å². The van der Waals surface area contributed by atoms with Gasteiger partial charge in [0.2, 0.25) is 0 Å². The number of ether oxygens (including phenoxy) is 1. The third-order valence-corrected chi connectivity index (χ3v) is 3.95. The van der Waals surface area contributed by atoms with Crippen molar-refractivity contribution in [3.63, 3.8) is 0 Å². The molecule has 0 aliphatic heterocycles. The largest absolute Gasteiger partial charge is 0.494 e. The zero-order valence-electron chi connectivity index (χ0n) is 14.6. The minimum atomic E-state index is 0.0787. The fourth-order valence-corrected chi connectivity index (χ4v) is 2.96. The fourth-order valence-electron chi connectivity index (χ4n) is 2.96. The van der Waals surface area contributed by atoms with Crippen molar-refractivity contribution in [2.75, 3.05) is 6.61 Å². The van der Waals surface area contributed by atoms with E-state index < -0.39 is 0 Å². The maximum Gasteiger partial charge on any atom is 0.119 e. The molecule has 1 aromatic carbocycles. The third kappa shape index (κ3) is 3.51. The Hall–Kier alpha value is -0.980. The summed E-state index contributed by atoms with van der Waals surface area (Å²) in [5, 5.41) is 0. The molecule has 1 heteroatoms. The van der Waals surface area contributed by atoms with E-state index in [-0.39, 0.29) is 23.9 Å². The molecule has 100 valence electrons. The normalized spacial score (nSPS) is 26.2. The second-order valence-electron chi connectivity index (χ2n) is 5.26. The molecule has 0 atom stereocenters. The molecule has 0 unspecified atom stereocenters. The maximum absolute atomic E-state index is 8.23. The molecule has 0 aromatic heterocycles. The summed E-state index contributed by atoms with van der Waals surface area (Å²) in [5.41, 5.74) is 0.878. The topological polar surface area (TPSA) is 9.23 Å². The standard InChI is InChI=1S/C17H26O/c1-3-5-14-6-8-15(9-7-14)16-10-12-17(13-11-16)18-4-2/h10-15H,3-9H2,1-2H3/i10D,12D,13D. The maximum atomic E-state index is 8.23. The van der Waals surface area contributed by atoms with Gasteiger partial charge in [0.15, 0.2) is 0 Å². The second kappa shape index (κ2) is 6.82. The summed E-state index contributed by atoms with van der Waals surface area (Å²) in [7, 11) is 0. The minimum absolute atomic E-state index is 0.0787. The first-order valence-corrected chi connectivity index (χ1v) is 7.31. The van der Waals surface area contributed by atoms with Gasteiger partial charge < -0.3 is 4.74 Å². The number of hydrogen-bond acceptors (Lipinski definition) is 1. The summed E-state index contributed by atoms with van der Waals surface area (Å²) < 4.78 is 29.7. The van der Waals surface area contributed by atoms with E-state index in [1.165, 1.54) is 25.7 Å². The number of hydrogen-bond donors (Lipinski definition) is 0. The molecule has 1 saturated carbocycles. The van der Waals surface area contributed by atoms with Crippen LogP contribution in [0.1, 0.15) is 68.0 Å². The zero-order valence-corrected chi connectivity index (χ0v) is 11.6. The minimum Gasteiger partial charge on any atom is -0.494 e. The molecule has 1 aliphatic carbocycles. The first-order chi connectivity index (χ1) is 10.1. The van der Waals surface area contributed by atoms with E-state index >= 15 is 0 Å². The van der Waals surface area contributed by atoms with Crippen LogP contribution in [0.5, 0.6) is 5.75 Å². The Labute approximate surface area is 116 Å². The highest BCUT2D eigenvalue weighted by molar-refractivity contribution is 5.29. The Morgan fingerprint density at radius 2 is 1.94 bits per heavy atom. The Morgan fingerprint density at radius 3 is 2.61 bits per heavy atom. The van der Waals surface area contributed by atoms with Gasteiger partial charge in [0.25, 0.3) is 0 Å². The van der Waals surface area contributed by atoms with Gasteiger partial charge in [-0.2, -0.15) is 0 Å². The van der Waals surface area contributed by atoms with Gasteiger partial charge in [-0.15, -0.1) is 0 Å². The molecule has 1 aromatic rings. The van der Waals surface area contributed by atoms with Crippen LogP contribution in [0.25, 0.3) is 0 Å². The average Bonchev–Trinajstić information content (AvgIpc) is 2.49. The summed E-state index contributed by atoms with van der Waals surface area (Å²) in [6.07, 6.45) is 7.15. The van der Waals surface area contributed by atoms with Gasteiger partial charge in [0.05, 0.1) is 10.7 Å². The molecule has 0 saturated heterocycles. The molecular weight excluding hydrogens is 220 g/mol. The van der Waals surface area contributed by atoms with E-state index in [1.54, 1.807) is 6.07 Å². The SMILES string of the molecule is [2H]c1cc(C2CCC(CCC)CC2)c([2H])c([2H])c1OCC. The Morgan fingerprint density at radius 1 is 1.17 bits per heavy atom. The molecule has 0 bridgehead atoms. The molecule has 18 heavy (non-hydrogen) atoms. The van der Waals surface area contributed by atoms with Crippen molar-refractivity contribution < 1.29 is 8.85 Å². The van der Waals surface area contributed by atoms with Gasteiger partial charge in [-0.3, -0.25) is 0 Å². The quantitative estimate of drug-likeness (QED) is 0.700. The summed E-state index contributed by atoms with van der Waals surface area (Å²) in [6, 6.07) is 2.35. The molecular formula is C17H26O. The zero-order chi connectivity index (χ0) is 15.4. The van der Waals surface area contributed by atoms with Crippen molar-refractivity contribution in [3.05, 3.63) is 29.8 Å². The Kier molecular flexibility index (Phi) is 3.75. The van der Waals surface area contributed by atoms with Gasteiger partial charge in [-0.25, -0.2) is 0 Å². The summed E-state index contributed by atoms with van der Waals surface area (Å²) in [5.74, 6) is 1.43. The lowest BCUT2D eigenvalue weighted by Crippen LogP contribution is -2.13. The van der Waals surface area contributed by atoms with Crippen molar-refractivity contribution in [2.24, 2.45) is 5.92 Å². The summed E-state index contributed by atoms with van der Waals surface area (Å²) in [6.45, 7) is 4.50. The molecule has 0 N–H and O–H groups in total. The highest BCUT2D eigenvalue weighted by Crippen LogP contribution is 2.37. The van der Waals surface area contributed by atoms with Crippen molar-refractivity contribution in [1.82, 2.24) is 0 Å². The van der Waals surface area contributed by atoms with Crippen LogP contribution in [0, 0.1) is 5.92 Å². The highest BCUT2D eigenvalue weighted by atomic mass is 16.5. The predicted molar refractivity (Wildman–Crippen MR) is 77.2 cm³/mol. The smallest absolute Gasteiger partial charge is 0.119 e. The van der Waals surface area contributed by atoms with Crippen LogP contribution in [0.4, 0.5) is 0 Å². The van der Waals surface area contributed by atoms with Crippen LogP contribution in [0.3, 0.4) is 0 Å². The monoisotopic (exact) mass is 249 g/mol. The molecule has 0 heterocycles. The van der Waals surface area contributed by atoms with Crippen molar-refractivity contribution in [3.8, 4) is 5.75 Å². The number of rotatable bonds is 5. The van der Waals surface area contributed by atoms with E-state index in [0.29, 0.717) is 12.5 Å². The van der Waals surface area contributed by atoms with E-state index in [0.717, 1.165) is 24.3 Å². The van der Waals surface area contributed by atoms with Crippen LogP contribution in [-0.4, -0.2) is 6.61 Å². The molecule has 1 fully saturated rings. The lowest BCUT2D eigenvalue weighted by molar-refractivity contribution is 0.308. The van der Waals surface area contributed by atoms with Crippen molar-refractivity contribution >= 4 is 0 Å². The van der Waals surface area contributed by atoms with Crippen molar-refractivity contribution in [1.29, 1.82) is 0 Å². The summed E-state index contributed by atoms with van der Waals surface area (Å²) in [4.78, 5) is 0. The Balaban J connectivity index is 2.18. The van der Waals surface area contributed by atoms with E-state index in [4.69, 9.17) is 8.85 Å². The number of benzene rings is 1. The molecule has 1 aliphatic rings. The van der Waals surface area contributed by atoms with Gasteiger partial charge in [0.1, 0.15) is 5.75 Å². The van der Waals surface area contributed by atoms with E-state index in [2.05, 4.69) is 6.92 Å². The fraction of sp³-hybridized carbons (Fsp3) is 0.647. The average molecular weight is 249 g/mol. The van der Waals surface area contributed by atoms with E-state index in [1.807, 2.05) is 6.92 Å². The molecule has 0 radical (unpaired) electrons. The van der Waals surface area contributed by atoms with Gasteiger partial charge in [0, 0.05) is 0 Å². The predicted octanol–water partition coefficient (Wildman–Crippen LogP) is 5.16. The molecule has 2 rings (SSSR count). The van der Waals surface area contributed by atoms with Crippen molar-refractivity contribution in [2.45, 2.75) is 58.3 Å². The Bertz CT molecular complexity index is 479. The lowest BCUT2D eigenvalue weighted by atomic mass is 9.77. The first-order valence-electron chi connectivity index (χ1n) is 8.81. The summed E-state index contributed by atoms with van der Waals surface area (Å²) >= 11 is 0. The highest BCUT2D eigenvalue weighted by Gasteiger charge is 2.21. The second-order valence-corrected chi connectivity index (χ2v) is 5.26. The van der Waals surface area contributed by atoms with Gasteiger partial charge in [-0.1, -0.05) is 31.9 Å². The van der Waals surface area contributed by atoms with Gasteiger partial charge in [-0.05, 0) is 62.1 Å². The molecule has 0 spiro atoms. The van der Waals surface area contributed by atoms with Crippen LogP contribution < -0.4 is 4.74 Å². The van der Waals surface area contributed by atoms with Crippen LogP contribution >= 0.6 is 0 Å². The third-order valence-electron chi connectivity index (χ3n) is 3.95. The van der Waals surface area contributed by atoms with E-state index in [9.17, 15) is 0 Å². The van der Waals surface area contributed by atoms with Crippen LogP contribution in [0.15, 0.2) is 24.2 Å².